The molecule has 0 amide bonds. The van der Waals surface area contributed by atoms with Gasteiger partial charge in [-0.25, -0.2) is 0 Å². The van der Waals surface area contributed by atoms with Crippen LogP contribution in [0.3, 0.4) is 0 Å². The molecular weight excluding hydrogens is 1030 g/mol. The number of carbonyl (C=O) groups is 6. The fourth-order valence-corrected chi connectivity index (χ4v) is 10.3. The van der Waals surface area contributed by atoms with Crippen molar-refractivity contribution in [2.45, 2.75) is 379 Å². The van der Waals surface area contributed by atoms with Crippen molar-refractivity contribution >= 4 is 35.1 Å². The average molecular weight is 1160 g/mol. The molecule has 2 atom stereocenters. The minimum atomic E-state index is -2.47. The first-order valence-corrected chi connectivity index (χ1v) is 33.6. The molecule has 81 heavy (non-hydrogen) atoms. The third-order valence-electron chi connectivity index (χ3n) is 15.8. The number of aliphatic hydroxyl groups is 6. The Morgan fingerprint density at radius 3 is 0.543 bits per heavy atom. The van der Waals surface area contributed by atoms with Crippen LogP contribution in [-0.4, -0.2) is 113 Å². The monoisotopic (exact) mass is 1160 g/mol. The first-order valence-electron chi connectivity index (χ1n) is 33.6. The Labute approximate surface area is 494 Å². The van der Waals surface area contributed by atoms with Gasteiger partial charge in [-0.05, 0) is 32.1 Å². The van der Waals surface area contributed by atoms with Crippen LogP contribution in [0.4, 0.5) is 0 Å². The highest BCUT2D eigenvalue weighted by Gasteiger charge is 2.49. The van der Waals surface area contributed by atoms with E-state index in [2.05, 4.69) is 27.7 Å². The van der Waals surface area contributed by atoms with E-state index in [0.717, 1.165) is 77.0 Å². The number of ketones is 4. The van der Waals surface area contributed by atoms with Gasteiger partial charge in [0.25, 0.3) is 0 Å². The molecule has 0 aromatic rings. The van der Waals surface area contributed by atoms with E-state index in [4.69, 9.17) is 10.2 Å². The number of hydrogen-bond donors (Lipinski definition) is 8. The summed E-state index contributed by atoms with van der Waals surface area (Å²) in [5, 5.41) is 76.7. The van der Waals surface area contributed by atoms with Gasteiger partial charge >= 0.3 is 11.9 Å². The van der Waals surface area contributed by atoms with E-state index >= 15 is 0 Å². The van der Waals surface area contributed by atoms with Gasteiger partial charge in [-0.1, -0.05) is 285 Å². The molecule has 0 fully saturated rings. The topological polar surface area (TPSA) is 264 Å². The van der Waals surface area contributed by atoms with Crippen LogP contribution in [0.15, 0.2) is 0 Å². The molecule has 0 heterocycles. The predicted octanol–water partition coefficient (Wildman–Crippen LogP) is 15.5. The molecule has 14 heteroatoms. The van der Waals surface area contributed by atoms with E-state index in [0.29, 0.717) is 25.7 Å². The molecule has 8 N–H and O–H groups in total. The van der Waals surface area contributed by atoms with Gasteiger partial charge in [-0.2, -0.15) is 0 Å². The number of carboxylic acids is 2. The Hall–Kier alpha value is -2.62. The molecule has 0 saturated carbocycles. The SMILES string of the molecule is CCCCCCCCCCCCCC(=O)C(O)(C(=O)CCCCCCCCCCCCC)C(O)CO.CCCCCCCCCCCCCC(=O)C(O)(C(=O)CCCCCCCCCCCCC)C(O)CO.O=C(O)CCCC(=O)O. The van der Waals surface area contributed by atoms with Crippen molar-refractivity contribution in [2.75, 3.05) is 13.2 Å². The van der Waals surface area contributed by atoms with E-state index < -0.39 is 71.7 Å². The fraction of sp³-hybridized carbons (Fsp3) is 0.910. The van der Waals surface area contributed by atoms with Gasteiger partial charge in [0.2, 0.25) is 11.2 Å². The molecule has 0 rings (SSSR count). The Bertz CT molecular complexity index is 1290. The first-order chi connectivity index (χ1) is 39.0. The van der Waals surface area contributed by atoms with Crippen LogP contribution in [0, 0.1) is 0 Å². The molecule has 0 aromatic carbocycles. The van der Waals surface area contributed by atoms with Gasteiger partial charge < -0.3 is 40.9 Å². The molecule has 0 spiro atoms. The molecule has 14 nitrogen and oxygen atoms in total. The number of Topliss-reactive ketones (excluding diaryl/α,β-unsaturated/α-hetero) is 4. The summed E-state index contributed by atoms with van der Waals surface area (Å²) < 4.78 is 0. The van der Waals surface area contributed by atoms with Gasteiger partial charge in [0, 0.05) is 38.5 Å². The summed E-state index contributed by atoms with van der Waals surface area (Å²) in [6.45, 7) is 7.31. The number of aliphatic carboxylic acids is 2. The van der Waals surface area contributed by atoms with Gasteiger partial charge in [0.05, 0.1) is 13.2 Å². The quantitative estimate of drug-likeness (QED) is 0.0208. The lowest BCUT2D eigenvalue weighted by molar-refractivity contribution is -0.167. The Kier molecular flexibility index (Phi) is 61.7. The maximum absolute atomic E-state index is 12.7. The van der Waals surface area contributed by atoms with Crippen molar-refractivity contribution in [3.05, 3.63) is 0 Å². The fourth-order valence-electron chi connectivity index (χ4n) is 10.3. The largest absolute Gasteiger partial charge is 0.481 e. The zero-order valence-corrected chi connectivity index (χ0v) is 52.7. The number of rotatable bonds is 60. The Morgan fingerprint density at radius 1 is 0.259 bits per heavy atom. The summed E-state index contributed by atoms with van der Waals surface area (Å²) >= 11 is 0. The Morgan fingerprint density at radius 2 is 0.407 bits per heavy atom. The van der Waals surface area contributed by atoms with Crippen molar-refractivity contribution in [1.82, 2.24) is 0 Å². The van der Waals surface area contributed by atoms with Crippen LogP contribution in [0.5, 0.6) is 0 Å². The summed E-state index contributed by atoms with van der Waals surface area (Å²) in [5.41, 5.74) is -4.93. The molecule has 0 radical (unpaired) electrons. The van der Waals surface area contributed by atoms with Gasteiger partial charge in [-0.3, -0.25) is 28.8 Å². The number of hydrogen-bond acceptors (Lipinski definition) is 12. The van der Waals surface area contributed by atoms with Crippen LogP contribution in [0.2, 0.25) is 0 Å². The highest BCUT2D eigenvalue weighted by atomic mass is 16.4. The van der Waals surface area contributed by atoms with Gasteiger partial charge in [-0.15, -0.1) is 0 Å². The predicted molar refractivity (Wildman–Crippen MR) is 330 cm³/mol. The van der Waals surface area contributed by atoms with E-state index in [1.165, 1.54) is 180 Å². The van der Waals surface area contributed by atoms with Crippen LogP contribution < -0.4 is 0 Å². The minimum Gasteiger partial charge on any atom is -0.481 e. The van der Waals surface area contributed by atoms with E-state index in [-0.39, 0.29) is 44.9 Å². The maximum Gasteiger partial charge on any atom is 0.303 e. The second-order valence-electron chi connectivity index (χ2n) is 23.4. The maximum atomic E-state index is 12.7. The summed E-state index contributed by atoms with van der Waals surface area (Å²) in [6, 6.07) is 0. The molecule has 0 aliphatic carbocycles. The lowest BCUT2D eigenvalue weighted by Crippen LogP contribution is -2.57. The summed E-state index contributed by atoms with van der Waals surface area (Å²) in [7, 11) is 0. The highest BCUT2D eigenvalue weighted by molar-refractivity contribution is 6.11. The summed E-state index contributed by atoms with van der Waals surface area (Å²) in [4.78, 5) is 70.5. The third-order valence-corrected chi connectivity index (χ3v) is 15.8. The van der Waals surface area contributed by atoms with Gasteiger partial charge in [0.15, 0.2) is 23.1 Å². The minimum absolute atomic E-state index is 0.0632. The normalized spacial score (nSPS) is 12.3. The van der Waals surface area contributed by atoms with E-state index in [9.17, 15) is 59.4 Å². The summed E-state index contributed by atoms with van der Waals surface area (Å²) in [6.07, 6.45) is 47.6. The van der Waals surface area contributed by atoms with Crippen LogP contribution in [0.1, 0.15) is 355 Å². The Balaban J connectivity index is -0.00000130. The third kappa shape index (κ3) is 48.3. The van der Waals surface area contributed by atoms with Crippen molar-refractivity contribution in [3.63, 3.8) is 0 Å². The molecule has 0 bridgehead atoms. The lowest BCUT2D eigenvalue weighted by Gasteiger charge is -2.29. The molecule has 0 aromatic heterocycles. The lowest BCUT2D eigenvalue weighted by atomic mass is 9.82. The highest BCUT2D eigenvalue weighted by Crippen LogP contribution is 2.25. The van der Waals surface area contributed by atoms with Crippen LogP contribution in [-0.2, 0) is 28.8 Å². The van der Waals surface area contributed by atoms with Crippen LogP contribution in [0.25, 0.3) is 0 Å². The zero-order valence-electron chi connectivity index (χ0n) is 52.7. The van der Waals surface area contributed by atoms with Gasteiger partial charge in [0.1, 0.15) is 12.2 Å². The first kappa shape index (κ1) is 82.6. The van der Waals surface area contributed by atoms with E-state index in [1.807, 2.05) is 0 Å². The molecular formula is C67H128O14. The molecule has 0 aliphatic heterocycles. The van der Waals surface area contributed by atoms with Crippen LogP contribution >= 0.6 is 0 Å². The van der Waals surface area contributed by atoms with Crippen molar-refractivity contribution in [2.24, 2.45) is 0 Å². The van der Waals surface area contributed by atoms with Crippen molar-refractivity contribution < 1.29 is 69.6 Å². The second-order valence-corrected chi connectivity index (χ2v) is 23.4. The molecule has 480 valence electrons. The zero-order chi connectivity index (χ0) is 61.1. The molecule has 0 aliphatic rings. The number of unbranched alkanes of at least 4 members (excludes halogenated alkanes) is 40. The molecule has 0 saturated heterocycles. The number of aliphatic hydroxyl groups excluding tert-OH is 4. The smallest absolute Gasteiger partial charge is 0.303 e. The van der Waals surface area contributed by atoms with E-state index in [1.54, 1.807) is 0 Å². The second kappa shape index (κ2) is 60.5. The molecule has 2 unspecified atom stereocenters. The number of carboxylic acid groups (broad SMARTS) is 2. The number of carbonyl (C=O) groups excluding carboxylic acids is 4. The van der Waals surface area contributed by atoms with Crippen molar-refractivity contribution in [3.8, 4) is 0 Å². The average Bonchev–Trinajstić information content (AvgIpc) is 3.45. The standard InChI is InChI=1S/2C31H60O5.C5H8O4/c2*1-3-5-7-9-11-13-15-17-19-21-23-25-28(33)31(36,30(35)27-32)29(34)26-24-22-20-18-16-14-12-10-8-6-4-2;6-4(7)2-1-3-5(8)9/h2*30,32,35-36H,3-27H2,1-2H3;1-3H2,(H,6,7)(H,8,9). The summed E-state index contributed by atoms with van der Waals surface area (Å²) in [5.74, 6) is -4.48. The van der Waals surface area contributed by atoms with Crippen molar-refractivity contribution in [1.29, 1.82) is 0 Å².